The fourth-order valence-corrected chi connectivity index (χ4v) is 3.02. The summed E-state index contributed by atoms with van der Waals surface area (Å²) in [5, 5.41) is 6.71. The predicted molar refractivity (Wildman–Crippen MR) is 76.2 cm³/mol. The van der Waals surface area contributed by atoms with E-state index < -0.39 is 0 Å². The van der Waals surface area contributed by atoms with E-state index in [4.69, 9.17) is 21.1 Å². The summed E-state index contributed by atoms with van der Waals surface area (Å²) in [6, 6.07) is 4.01. The largest absolute Gasteiger partial charge is 0.454 e. The molecule has 0 bridgehead atoms. The zero-order valence-corrected chi connectivity index (χ0v) is 12.1. The van der Waals surface area contributed by atoms with Gasteiger partial charge in [0, 0.05) is 17.0 Å². The number of thiazole rings is 1. The highest BCUT2D eigenvalue weighted by atomic mass is 35.5. The lowest BCUT2D eigenvalue weighted by atomic mass is 10.2. The molecule has 100 valence electrons. The monoisotopic (exact) mass is 296 g/mol. The second-order valence-electron chi connectivity index (χ2n) is 4.28. The maximum absolute atomic E-state index is 6.18. The first-order valence-corrected chi connectivity index (χ1v) is 7.17. The van der Waals surface area contributed by atoms with Crippen LogP contribution < -0.4 is 14.8 Å². The molecule has 1 N–H and O–H groups in total. The Bertz CT molecular complexity index is 615. The Kier molecular flexibility index (Phi) is 3.35. The molecule has 0 spiro atoms. The van der Waals surface area contributed by atoms with Gasteiger partial charge in [0.2, 0.25) is 6.79 Å². The minimum Gasteiger partial charge on any atom is -0.454 e. The lowest BCUT2D eigenvalue weighted by Gasteiger charge is -2.05. The average molecular weight is 297 g/mol. The standard InChI is InChI=1S/C13H13ClN2O2S/c1-7(15-2)10-5-19-13(16-10)8-3-9(14)12-11(4-8)17-6-18-12/h3-5,7,15H,6H2,1-2H3. The molecule has 0 saturated carbocycles. The summed E-state index contributed by atoms with van der Waals surface area (Å²) in [6.45, 7) is 2.30. The number of aromatic nitrogens is 1. The van der Waals surface area contributed by atoms with Crippen LogP contribution in [0.1, 0.15) is 18.7 Å². The summed E-state index contributed by atoms with van der Waals surface area (Å²) >= 11 is 7.78. The third-order valence-corrected chi connectivity index (χ3v) is 4.26. The zero-order chi connectivity index (χ0) is 13.4. The second kappa shape index (κ2) is 5.00. The van der Waals surface area contributed by atoms with Crippen molar-refractivity contribution < 1.29 is 9.47 Å². The average Bonchev–Trinajstić information content (AvgIpc) is 3.06. The highest BCUT2D eigenvalue weighted by molar-refractivity contribution is 7.13. The van der Waals surface area contributed by atoms with Crippen molar-refractivity contribution in [1.29, 1.82) is 0 Å². The van der Waals surface area contributed by atoms with E-state index in [0.29, 0.717) is 16.5 Å². The summed E-state index contributed by atoms with van der Waals surface area (Å²) in [5.74, 6) is 1.30. The normalized spacial score (nSPS) is 14.7. The van der Waals surface area contributed by atoms with Crippen molar-refractivity contribution in [2.75, 3.05) is 13.8 Å². The molecule has 1 atom stereocenters. The number of halogens is 1. The van der Waals surface area contributed by atoms with Gasteiger partial charge in [-0.05, 0) is 26.1 Å². The fraction of sp³-hybridized carbons (Fsp3) is 0.308. The van der Waals surface area contributed by atoms with Crippen molar-refractivity contribution >= 4 is 22.9 Å². The van der Waals surface area contributed by atoms with Gasteiger partial charge < -0.3 is 14.8 Å². The van der Waals surface area contributed by atoms with Gasteiger partial charge in [-0.15, -0.1) is 11.3 Å². The van der Waals surface area contributed by atoms with Crippen molar-refractivity contribution in [3.05, 3.63) is 28.2 Å². The lowest BCUT2D eigenvalue weighted by Crippen LogP contribution is -2.12. The number of fused-ring (bicyclic) bond motifs is 1. The molecule has 0 saturated heterocycles. The number of benzene rings is 1. The van der Waals surface area contributed by atoms with Gasteiger partial charge in [-0.3, -0.25) is 0 Å². The van der Waals surface area contributed by atoms with E-state index in [1.165, 1.54) is 0 Å². The zero-order valence-electron chi connectivity index (χ0n) is 10.6. The summed E-state index contributed by atoms with van der Waals surface area (Å²) in [6.07, 6.45) is 0. The number of ether oxygens (including phenoxy) is 2. The summed E-state index contributed by atoms with van der Waals surface area (Å²) < 4.78 is 10.7. The minimum absolute atomic E-state index is 0.221. The van der Waals surface area contributed by atoms with Crippen LogP contribution in [0.15, 0.2) is 17.5 Å². The molecular weight excluding hydrogens is 284 g/mol. The second-order valence-corrected chi connectivity index (χ2v) is 5.55. The van der Waals surface area contributed by atoms with Gasteiger partial charge in [0.05, 0.1) is 10.7 Å². The van der Waals surface area contributed by atoms with E-state index in [0.717, 1.165) is 16.3 Å². The van der Waals surface area contributed by atoms with Crippen LogP contribution >= 0.6 is 22.9 Å². The Labute approximate surface area is 120 Å². The van der Waals surface area contributed by atoms with Gasteiger partial charge in [0.1, 0.15) is 5.01 Å². The van der Waals surface area contributed by atoms with Crippen LogP contribution in [0, 0.1) is 0 Å². The van der Waals surface area contributed by atoms with Crippen molar-refractivity contribution in [2.24, 2.45) is 0 Å². The fourth-order valence-electron chi connectivity index (χ4n) is 1.86. The SMILES string of the molecule is CNC(C)c1csc(-c2cc(Cl)c3c(c2)OCO3)n1. The molecule has 1 aliphatic rings. The van der Waals surface area contributed by atoms with Crippen LogP contribution in [0.3, 0.4) is 0 Å². The smallest absolute Gasteiger partial charge is 0.231 e. The molecule has 2 aromatic rings. The molecule has 1 aromatic carbocycles. The van der Waals surface area contributed by atoms with Gasteiger partial charge in [0.15, 0.2) is 11.5 Å². The number of nitrogens with zero attached hydrogens (tertiary/aromatic N) is 1. The number of rotatable bonds is 3. The number of hydrogen-bond donors (Lipinski definition) is 1. The first-order chi connectivity index (χ1) is 9.19. The third-order valence-electron chi connectivity index (χ3n) is 3.07. The van der Waals surface area contributed by atoms with Crippen molar-refractivity contribution in [3.8, 4) is 22.1 Å². The Balaban J connectivity index is 1.98. The van der Waals surface area contributed by atoms with Gasteiger partial charge in [-0.25, -0.2) is 4.98 Å². The number of hydrogen-bond acceptors (Lipinski definition) is 5. The van der Waals surface area contributed by atoms with Crippen molar-refractivity contribution in [2.45, 2.75) is 13.0 Å². The van der Waals surface area contributed by atoms with E-state index in [1.807, 2.05) is 19.2 Å². The maximum Gasteiger partial charge on any atom is 0.231 e. The molecule has 0 radical (unpaired) electrons. The molecule has 1 aromatic heterocycles. The molecule has 0 amide bonds. The highest BCUT2D eigenvalue weighted by Gasteiger charge is 2.20. The number of nitrogens with one attached hydrogen (secondary N) is 1. The Morgan fingerprint density at radius 1 is 1.42 bits per heavy atom. The Morgan fingerprint density at radius 2 is 2.26 bits per heavy atom. The van der Waals surface area contributed by atoms with Gasteiger partial charge in [-0.1, -0.05) is 11.6 Å². The lowest BCUT2D eigenvalue weighted by molar-refractivity contribution is 0.174. The summed E-state index contributed by atoms with van der Waals surface area (Å²) in [5.41, 5.74) is 1.98. The topological polar surface area (TPSA) is 43.4 Å². The molecule has 1 aliphatic heterocycles. The summed E-state index contributed by atoms with van der Waals surface area (Å²) in [7, 11) is 1.92. The van der Waals surface area contributed by atoms with Gasteiger partial charge in [0.25, 0.3) is 0 Å². The van der Waals surface area contributed by atoms with Crippen molar-refractivity contribution in [3.63, 3.8) is 0 Å². The van der Waals surface area contributed by atoms with Crippen LogP contribution in [-0.4, -0.2) is 18.8 Å². The molecule has 1 unspecified atom stereocenters. The van der Waals surface area contributed by atoms with E-state index in [9.17, 15) is 0 Å². The molecule has 19 heavy (non-hydrogen) atoms. The van der Waals surface area contributed by atoms with Crippen LogP contribution in [0.4, 0.5) is 0 Å². The molecule has 2 heterocycles. The first kappa shape index (κ1) is 12.7. The van der Waals surface area contributed by atoms with Crippen LogP contribution in [0.5, 0.6) is 11.5 Å². The van der Waals surface area contributed by atoms with Crippen LogP contribution in [0.25, 0.3) is 10.6 Å². The summed E-state index contributed by atoms with van der Waals surface area (Å²) in [4.78, 5) is 4.62. The molecule has 3 rings (SSSR count). The quantitative estimate of drug-likeness (QED) is 0.942. The molecule has 4 nitrogen and oxygen atoms in total. The van der Waals surface area contributed by atoms with Gasteiger partial charge >= 0.3 is 0 Å². The molecular formula is C13H13ClN2O2S. The first-order valence-electron chi connectivity index (χ1n) is 5.91. The van der Waals surface area contributed by atoms with Gasteiger partial charge in [-0.2, -0.15) is 0 Å². The predicted octanol–water partition coefficient (Wildman–Crippen LogP) is 3.47. The molecule has 0 fully saturated rings. The Hall–Kier alpha value is -1.30. The highest BCUT2D eigenvalue weighted by Crippen LogP contribution is 2.42. The third kappa shape index (κ3) is 2.29. The van der Waals surface area contributed by atoms with E-state index in [1.54, 1.807) is 11.3 Å². The van der Waals surface area contributed by atoms with E-state index in [-0.39, 0.29) is 12.8 Å². The molecule has 6 heteroatoms. The Morgan fingerprint density at radius 3 is 3.05 bits per heavy atom. The molecule has 0 aliphatic carbocycles. The minimum atomic E-state index is 0.221. The van der Waals surface area contributed by atoms with Crippen LogP contribution in [0.2, 0.25) is 5.02 Å². The van der Waals surface area contributed by atoms with E-state index in [2.05, 4.69) is 22.6 Å². The maximum atomic E-state index is 6.18. The van der Waals surface area contributed by atoms with Crippen LogP contribution in [-0.2, 0) is 0 Å². The van der Waals surface area contributed by atoms with Crippen molar-refractivity contribution in [1.82, 2.24) is 10.3 Å². The van der Waals surface area contributed by atoms with E-state index >= 15 is 0 Å².